The highest BCUT2D eigenvalue weighted by Crippen LogP contribution is 2.22. The van der Waals surface area contributed by atoms with Crippen LogP contribution in [-0.2, 0) is 9.59 Å². The van der Waals surface area contributed by atoms with E-state index in [9.17, 15) is 9.59 Å². The molecule has 1 saturated heterocycles. The zero-order valence-corrected chi connectivity index (χ0v) is 12.9. The Hall–Kier alpha value is -1.59. The van der Waals surface area contributed by atoms with Gasteiger partial charge in [-0.1, -0.05) is 17.7 Å². The van der Waals surface area contributed by atoms with Crippen LogP contribution in [0.15, 0.2) is 18.2 Å². The number of nitrogens with zero attached hydrogens (tertiary/aromatic N) is 1. The molecule has 2 rings (SSSR count). The van der Waals surface area contributed by atoms with Crippen molar-refractivity contribution in [3.8, 4) is 0 Å². The molecule has 2 unspecified atom stereocenters. The van der Waals surface area contributed by atoms with Gasteiger partial charge in [-0.15, -0.1) is 0 Å². The number of amides is 1. The minimum absolute atomic E-state index is 0.147. The van der Waals surface area contributed by atoms with Crippen LogP contribution in [0.25, 0.3) is 0 Å². The summed E-state index contributed by atoms with van der Waals surface area (Å²) in [7, 11) is 0. The highest BCUT2D eigenvalue weighted by atomic mass is 35.5. The summed E-state index contributed by atoms with van der Waals surface area (Å²) in [5.74, 6) is -1.32. The van der Waals surface area contributed by atoms with Gasteiger partial charge in [0.15, 0.2) is 0 Å². The maximum absolute atomic E-state index is 12.3. The number of halogens is 1. The fourth-order valence-corrected chi connectivity index (χ4v) is 2.64. The zero-order chi connectivity index (χ0) is 15.6. The molecule has 1 heterocycles. The van der Waals surface area contributed by atoms with Gasteiger partial charge in [0.2, 0.25) is 5.91 Å². The van der Waals surface area contributed by atoms with Crippen molar-refractivity contribution in [2.75, 3.05) is 18.4 Å². The Balaban J connectivity index is 2.00. The number of carbonyl (C=O) groups excluding carboxylic acids is 1. The number of benzene rings is 1. The molecule has 2 N–H and O–H groups in total. The Labute approximate surface area is 128 Å². The van der Waals surface area contributed by atoms with Gasteiger partial charge in [0, 0.05) is 17.3 Å². The maximum atomic E-state index is 12.3. The average molecular weight is 311 g/mol. The van der Waals surface area contributed by atoms with E-state index in [1.165, 1.54) is 0 Å². The molecule has 0 aliphatic carbocycles. The van der Waals surface area contributed by atoms with E-state index in [1.807, 2.05) is 17.9 Å². The van der Waals surface area contributed by atoms with Crippen molar-refractivity contribution in [2.45, 2.75) is 26.3 Å². The molecule has 1 aromatic rings. The average Bonchev–Trinajstić information content (AvgIpc) is 2.91. The van der Waals surface area contributed by atoms with E-state index in [2.05, 4.69) is 5.32 Å². The van der Waals surface area contributed by atoms with Crippen LogP contribution in [0.2, 0.25) is 5.02 Å². The standard InChI is InChI=1S/C15H19ClN2O3/c1-9-3-4-12(16)7-13(9)17-14(19)10(2)18-6-5-11(8-18)15(20)21/h3-4,7,10-11H,5-6,8H2,1-2H3,(H,17,19)(H,20,21). The lowest BCUT2D eigenvalue weighted by molar-refractivity contribution is -0.141. The van der Waals surface area contributed by atoms with Crippen molar-refractivity contribution >= 4 is 29.2 Å². The van der Waals surface area contributed by atoms with Crippen LogP contribution in [0.3, 0.4) is 0 Å². The van der Waals surface area contributed by atoms with E-state index < -0.39 is 5.97 Å². The molecule has 5 nitrogen and oxygen atoms in total. The van der Waals surface area contributed by atoms with Gasteiger partial charge in [0.05, 0.1) is 12.0 Å². The first-order valence-electron chi connectivity index (χ1n) is 6.92. The first-order valence-corrected chi connectivity index (χ1v) is 7.30. The SMILES string of the molecule is Cc1ccc(Cl)cc1NC(=O)C(C)N1CCC(C(=O)O)C1. The highest BCUT2D eigenvalue weighted by Gasteiger charge is 2.33. The minimum atomic E-state index is -0.796. The molecule has 1 aromatic carbocycles. The molecule has 1 aliphatic heterocycles. The van der Waals surface area contributed by atoms with Crippen molar-refractivity contribution in [3.63, 3.8) is 0 Å². The van der Waals surface area contributed by atoms with Gasteiger partial charge in [-0.2, -0.15) is 0 Å². The summed E-state index contributed by atoms with van der Waals surface area (Å²) < 4.78 is 0. The fraction of sp³-hybridized carbons (Fsp3) is 0.467. The summed E-state index contributed by atoms with van der Waals surface area (Å²) in [5, 5.41) is 12.4. The lowest BCUT2D eigenvalue weighted by atomic mass is 10.1. The Morgan fingerprint density at radius 1 is 1.48 bits per heavy atom. The largest absolute Gasteiger partial charge is 0.481 e. The second-order valence-corrected chi connectivity index (χ2v) is 5.88. The number of carboxylic acids is 1. The molecule has 0 saturated carbocycles. The maximum Gasteiger partial charge on any atom is 0.307 e. The van der Waals surface area contributed by atoms with Crippen LogP contribution in [0.4, 0.5) is 5.69 Å². The topological polar surface area (TPSA) is 69.6 Å². The molecule has 0 bridgehead atoms. The number of rotatable bonds is 4. The molecule has 0 spiro atoms. The van der Waals surface area contributed by atoms with Gasteiger partial charge >= 0.3 is 5.97 Å². The number of nitrogens with one attached hydrogen (secondary N) is 1. The Kier molecular flexibility index (Phi) is 4.85. The van der Waals surface area contributed by atoms with E-state index >= 15 is 0 Å². The number of carbonyl (C=O) groups is 2. The number of hydrogen-bond donors (Lipinski definition) is 2. The van der Waals surface area contributed by atoms with Crippen LogP contribution < -0.4 is 5.32 Å². The summed E-state index contributed by atoms with van der Waals surface area (Å²) in [6.45, 7) is 4.73. The van der Waals surface area contributed by atoms with Gasteiger partial charge in [-0.3, -0.25) is 14.5 Å². The molecule has 2 atom stereocenters. The third-order valence-corrected chi connectivity index (χ3v) is 4.19. The lowest BCUT2D eigenvalue weighted by Crippen LogP contribution is -2.41. The second-order valence-electron chi connectivity index (χ2n) is 5.44. The van der Waals surface area contributed by atoms with Crippen molar-refractivity contribution in [2.24, 2.45) is 5.92 Å². The van der Waals surface area contributed by atoms with Gasteiger partial charge in [0.1, 0.15) is 0 Å². The number of likely N-dealkylation sites (tertiary alicyclic amines) is 1. The molecule has 21 heavy (non-hydrogen) atoms. The third kappa shape index (κ3) is 3.74. The molecule has 1 aliphatic rings. The summed E-state index contributed by atoms with van der Waals surface area (Å²) in [6.07, 6.45) is 0.586. The zero-order valence-electron chi connectivity index (χ0n) is 12.1. The molecule has 6 heteroatoms. The highest BCUT2D eigenvalue weighted by molar-refractivity contribution is 6.31. The molecular formula is C15H19ClN2O3. The predicted octanol–water partition coefficient (Wildman–Crippen LogP) is 2.38. The van der Waals surface area contributed by atoms with Crippen LogP contribution >= 0.6 is 11.6 Å². The first-order chi connectivity index (χ1) is 9.88. The monoisotopic (exact) mass is 310 g/mol. The normalized spacial score (nSPS) is 20.2. The Morgan fingerprint density at radius 2 is 2.19 bits per heavy atom. The molecule has 114 valence electrons. The quantitative estimate of drug-likeness (QED) is 0.896. The van der Waals surface area contributed by atoms with Gasteiger partial charge in [-0.25, -0.2) is 0 Å². The minimum Gasteiger partial charge on any atom is -0.481 e. The summed E-state index contributed by atoms with van der Waals surface area (Å²) in [4.78, 5) is 25.2. The third-order valence-electron chi connectivity index (χ3n) is 3.95. The fourth-order valence-electron chi connectivity index (χ4n) is 2.47. The van der Waals surface area contributed by atoms with Crippen molar-refractivity contribution in [1.82, 2.24) is 4.90 Å². The predicted molar refractivity (Wildman–Crippen MR) is 81.6 cm³/mol. The molecule has 1 amide bonds. The summed E-state index contributed by atoms with van der Waals surface area (Å²) >= 11 is 5.93. The number of anilines is 1. The molecule has 0 radical (unpaired) electrons. The van der Waals surface area contributed by atoms with E-state index in [4.69, 9.17) is 16.7 Å². The van der Waals surface area contributed by atoms with E-state index in [0.717, 1.165) is 5.56 Å². The van der Waals surface area contributed by atoms with Crippen molar-refractivity contribution in [1.29, 1.82) is 0 Å². The van der Waals surface area contributed by atoms with Gasteiger partial charge in [-0.05, 0) is 44.5 Å². The molecule has 0 aromatic heterocycles. The van der Waals surface area contributed by atoms with Crippen LogP contribution in [0, 0.1) is 12.8 Å². The van der Waals surface area contributed by atoms with E-state index in [0.29, 0.717) is 30.2 Å². The van der Waals surface area contributed by atoms with Gasteiger partial charge < -0.3 is 10.4 Å². The molecule has 1 fully saturated rings. The van der Waals surface area contributed by atoms with Crippen molar-refractivity contribution < 1.29 is 14.7 Å². The summed E-state index contributed by atoms with van der Waals surface area (Å²) in [5.41, 5.74) is 1.62. The van der Waals surface area contributed by atoms with E-state index in [-0.39, 0.29) is 17.9 Å². The van der Waals surface area contributed by atoms with Crippen molar-refractivity contribution in [3.05, 3.63) is 28.8 Å². The lowest BCUT2D eigenvalue weighted by Gasteiger charge is -2.23. The Bertz CT molecular complexity index is 562. The molecular weight excluding hydrogens is 292 g/mol. The number of aliphatic carboxylic acids is 1. The Morgan fingerprint density at radius 3 is 2.81 bits per heavy atom. The van der Waals surface area contributed by atoms with E-state index in [1.54, 1.807) is 19.1 Å². The summed E-state index contributed by atoms with van der Waals surface area (Å²) in [6, 6.07) is 4.96. The van der Waals surface area contributed by atoms with Crippen LogP contribution in [0.5, 0.6) is 0 Å². The van der Waals surface area contributed by atoms with Crippen LogP contribution in [0.1, 0.15) is 18.9 Å². The second kappa shape index (κ2) is 6.45. The van der Waals surface area contributed by atoms with Crippen LogP contribution in [-0.4, -0.2) is 41.0 Å². The number of carboxylic acid groups (broad SMARTS) is 1. The number of hydrogen-bond acceptors (Lipinski definition) is 3. The van der Waals surface area contributed by atoms with Gasteiger partial charge in [0.25, 0.3) is 0 Å². The smallest absolute Gasteiger partial charge is 0.307 e. The number of aryl methyl sites for hydroxylation is 1. The first kappa shape index (κ1) is 15.8.